The smallest absolute Gasteiger partial charge is 0.320 e. The highest BCUT2D eigenvalue weighted by Gasteiger charge is 2.28. The first-order chi connectivity index (χ1) is 8.61. The Labute approximate surface area is 106 Å². The summed E-state index contributed by atoms with van der Waals surface area (Å²) in [5, 5.41) is 13.4. The summed E-state index contributed by atoms with van der Waals surface area (Å²) in [4.78, 5) is 13.2. The summed E-state index contributed by atoms with van der Waals surface area (Å²) in [6.07, 6.45) is 4.38. The number of likely N-dealkylation sites (tertiary alicyclic amines) is 1. The van der Waals surface area contributed by atoms with Crippen LogP contribution in [0.2, 0.25) is 0 Å². The molecule has 6 heteroatoms. The van der Waals surface area contributed by atoms with Crippen molar-refractivity contribution in [1.82, 2.24) is 14.7 Å². The Morgan fingerprint density at radius 2 is 2.28 bits per heavy atom. The number of nitrogens with zero attached hydrogens (tertiary/aromatic N) is 3. The van der Waals surface area contributed by atoms with Crippen molar-refractivity contribution in [2.24, 2.45) is 0 Å². The quantitative estimate of drug-likeness (QED) is 0.834. The van der Waals surface area contributed by atoms with Crippen molar-refractivity contribution in [2.45, 2.75) is 38.3 Å². The molecule has 6 nitrogen and oxygen atoms in total. The second-order valence-electron chi connectivity index (χ2n) is 4.75. The number of piperidine rings is 1. The maximum absolute atomic E-state index is 11.1. The molecule has 0 aromatic carbocycles. The van der Waals surface area contributed by atoms with Crippen molar-refractivity contribution in [3.05, 3.63) is 12.3 Å². The molecule has 18 heavy (non-hydrogen) atoms. The average Bonchev–Trinajstić information content (AvgIpc) is 2.77. The number of carboxylic acid groups (broad SMARTS) is 1. The van der Waals surface area contributed by atoms with Crippen LogP contribution in [0.25, 0.3) is 0 Å². The number of aliphatic carboxylic acids is 1. The first-order valence-corrected chi connectivity index (χ1v) is 6.39. The summed E-state index contributed by atoms with van der Waals surface area (Å²) in [7, 11) is 0. The molecular formula is C12H20N4O2. The highest BCUT2D eigenvalue weighted by atomic mass is 16.4. The zero-order valence-corrected chi connectivity index (χ0v) is 10.6. The number of nitrogen functional groups attached to an aromatic ring is 1. The summed E-state index contributed by atoms with van der Waals surface area (Å²) in [6.45, 7) is 3.52. The van der Waals surface area contributed by atoms with E-state index >= 15 is 0 Å². The molecule has 0 spiro atoms. The van der Waals surface area contributed by atoms with Gasteiger partial charge in [0.15, 0.2) is 0 Å². The lowest BCUT2D eigenvalue weighted by molar-refractivity contribution is -0.144. The lowest BCUT2D eigenvalue weighted by Gasteiger charge is -2.35. The van der Waals surface area contributed by atoms with Gasteiger partial charge in [-0.3, -0.25) is 14.4 Å². The van der Waals surface area contributed by atoms with Gasteiger partial charge in [-0.15, -0.1) is 0 Å². The van der Waals surface area contributed by atoms with E-state index in [1.54, 1.807) is 6.07 Å². The van der Waals surface area contributed by atoms with Crippen LogP contribution in [0.5, 0.6) is 0 Å². The minimum atomic E-state index is -0.723. The van der Waals surface area contributed by atoms with E-state index in [0.29, 0.717) is 18.3 Å². The summed E-state index contributed by atoms with van der Waals surface area (Å²) >= 11 is 0. The number of carboxylic acids is 1. The number of rotatable bonds is 4. The first kappa shape index (κ1) is 12.9. The zero-order valence-electron chi connectivity index (χ0n) is 10.6. The maximum Gasteiger partial charge on any atom is 0.320 e. The van der Waals surface area contributed by atoms with E-state index in [2.05, 4.69) is 5.10 Å². The van der Waals surface area contributed by atoms with Crippen LogP contribution in [-0.4, -0.2) is 44.9 Å². The average molecular weight is 252 g/mol. The van der Waals surface area contributed by atoms with Gasteiger partial charge in [0.05, 0.1) is 6.04 Å². The number of anilines is 1. The lowest BCUT2D eigenvalue weighted by Crippen LogP contribution is -2.45. The molecule has 1 aromatic rings. The van der Waals surface area contributed by atoms with Gasteiger partial charge in [-0.25, -0.2) is 0 Å². The van der Waals surface area contributed by atoms with Crippen LogP contribution in [0.1, 0.15) is 32.2 Å². The maximum atomic E-state index is 11.1. The summed E-state index contributed by atoms with van der Waals surface area (Å²) in [5.41, 5.74) is 5.60. The molecular weight excluding hydrogens is 232 g/mol. The van der Waals surface area contributed by atoms with Crippen molar-refractivity contribution in [1.29, 1.82) is 0 Å². The van der Waals surface area contributed by atoms with Crippen LogP contribution in [0.15, 0.2) is 12.3 Å². The molecule has 0 radical (unpaired) electrons. The molecule has 1 unspecified atom stereocenters. The van der Waals surface area contributed by atoms with Crippen LogP contribution in [0, 0.1) is 0 Å². The Morgan fingerprint density at radius 1 is 1.61 bits per heavy atom. The molecule has 1 fully saturated rings. The SMILES string of the molecule is CCC(C(=O)O)N1CCC(n2ccc(N)n2)CC1. The van der Waals surface area contributed by atoms with E-state index in [-0.39, 0.29) is 6.04 Å². The van der Waals surface area contributed by atoms with E-state index in [4.69, 9.17) is 10.8 Å². The molecule has 1 atom stereocenters. The lowest BCUT2D eigenvalue weighted by atomic mass is 10.0. The number of aromatic nitrogens is 2. The molecule has 0 bridgehead atoms. The van der Waals surface area contributed by atoms with E-state index in [1.807, 2.05) is 22.7 Å². The zero-order chi connectivity index (χ0) is 13.1. The molecule has 2 heterocycles. The van der Waals surface area contributed by atoms with Gasteiger partial charge in [-0.2, -0.15) is 5.10 Å². The van der Waals surface area contributed by atoms with Crippen LogP contribution < -0.4 is 5.73 Å². The number of hydrogen-bond donors (Lipinski definition) is 2. The standard InChI is InChI=1S/C12H20N4O2/c1-2-10(12(17)18)15-6-3-9(4-7-15)16-8-5-11(13)14-16/h5,8-10H,2-4,6-7H2,1H3,(H2,13,14)(H,17,18). The van der Waals surface area contributed by atoms with Crippen molar-refractivity contribution < 1.29 is 9.90 Å². The van der Waals surface area contributed by atoms with Gasteiger partial charge in [0.2, 0.25) is 0 Å². The molecule has 0 amide bonds. The molecule has 100 valence electrons. The molecule has 1 aromatic heterocycles. The summed E-state index contributed by atoms with van der Waals surface area (Å²) < 4.78 is 1.90. The van der Waals surface area contributed by atoms with Gasteiger partial charge < -0.3 is 10.8 Å². The Balaban J connectivity index is 1.93. The van der Waals surface area contributed by atoms with E-state index in [1.165, 1.54) is 0 Å². The third kappa shape index (κ3) is 2.64. The Kier molecular flexibility index (Phi) is 3.86. The molecule has 1 aliphatic heterocycles. The Morgan fingerprint density at radius 3 is 2.72 bits per heavy atom. The normalized spacial score (nSPS) is 19.8. The highest BCUT2D eigenvalue weighted by molar-refractivity contribution is 5.73. The second-order valence-corrected chi connectivity index (χ2v) is 4.75. The van der Waals surface area contributed by atoms with Gasteiger partial charge in [0.25, 0.3) is 0 Å². The Hall–Kier alpha value is -1.56. The van der Waals surface area contributed by atoms with E-state index in [0.717, 1.165) is 25.9 Å². The van der Waals surface area contributed by atoms with Crippen molar-refractivity contribution in [3.63, 3.8) is 0 Å². The summed E-state index contributed by atoms with van der Waals surface area (Å²) in [6, 6.07) is 1.77. The van der Waals surface area contributed by atoms with Gasteiger partial charge in [-0.1, -0.05) is 6.92 Å². The molecule has 2 rings (SSSR count). The molecule has 1 saturated heterocycles. The summed E-state index contributed by atoms with van der Waals surface area (Å²) in [5.74, 6) is -0.186. The first-order valence-electron chi connectivity index (χ1n) is 6.39. The minimum absolute atomic E-state index is 0.338. The highest BCUT2D eigenvalue weighted by Crippen LogP contribution is 2.24. The predicted octanol–water partition coefficient (Wildman–Crippen LogP) is 0.965. The molecule has 3 N–H and O–H groups in total. The monoisotopic (exact) mass is 252 g/mol. The van der Waals surface area contributed by atoms with Crippen molar-refractivity contribution in [3.8, 4) is 0 Å². The number of nitrogens with two attached hydrogens (primary N) is 1. The van der Waals surface area contributed by atoms with Gasteiger partial charge in [-0.05, 0) is 25.3 Å². The molecule has 0 aliphatic carbocycles. The molecule has 0 saturated carbocycles. The fourth-order valence-corrected chi connectivity index (χ4v) is 2.61. The number of hydrogen-bond acceptors (Lipinski definition) is 4. The van der Waals surface area contributed by atoms with Crippen LogP contribution >= 0.6 is 0 Å². The fraction of sp³-hybridized carbons (Fsp3) is 0.667. The Bertz CT molecular complexity index is 410. The van der Waals surface area contributed by atoms with E-state index < -0.39 is 5.97 Å². The predicted molar refractivity (Wildman–Crippen MR) is 68.2 cm³/mol. The van der Waals surface area contributed by atoms with Crippen LogP contribution in [-0.2, 0) is 4.79 Å². The molecule has 1 aliphatic rings. The second kappa shape index (κ2) is 5.39. The van der Waals surface area contributed by atoms with Gasteiger partial charge >= 0.3 is 5.97 Å². The van der Waals surface area contributed by atoms with E-state index in [9.17, 15) is 4.79 Å². The van der Waals surface area contributed by atoms with Gasteiger partial charge in [0, 0.05) is 19.3 Å². The minimum Gasteiger partial charge on any atom is -0.480 e. The third-order valence-corrected chi connectivity index (χ3v) is 3.61. The van der Waals surface area contributed by atoms with Crippen molar-refractivity contribution >= 4 is 11.8 Å². The van der Waals surface area contributed by atoms with Crippen molar-refractivity contribution in [2.75, 3.05) is 18.8 Å². The van der Waals surface area contributed by atoms with Gasteiger partial charge in [0.1, 0.15) is 11.9 Å². The largest absolute Gasteiger partial charge is 0.480 e. The van der Waals surface area contributed by atoms with Crippen LogP contribution in [0.4, 0.5) is 5.82 Å². The topological polar surface area (TPSA) is 84.4 Å². The number of carbonyl (C=O) groups is 1. The fourth-order valence-electron chi connectivity index (χ4n) is 2.61. The van der Waals surface area contributed by atoms with Crippen LogP contribution in [0.3, 0.4) is 0 Å². The third-order valence-electron chi connectivity index (χ3n) is 3.61.